The van der Waals surface area contributed by atoms with Gasteiger partial charge in [-0.05, 0) is 55.0 Å². The largest absolute Gasteiger partial charge is 0.494 e. The molecule has 0 atom stereocenters. The number of nitrogens with one attached hydrogen (secondary N) is 1. The highest BCUT2D eigenvalue weighted by Crippen LogP contribution is 2.21. The van der Waals surface area contributed by atoms with Gasteiger partial charge in [-0.25, -0.2) is 12.8 Å². The zero-order valence-electron chi connectivity index (χ0n) is 17.9. The Balaban J connectivity index is 1.61. The molecule has 3 aromatic carbocycles. The van der Waals surface area contributed by atoms with Crippen molar-refractivity contribution < 1.29 is 22.3 Å². The molecular weight excluding hydrogens is 431 g/mol. The van der Waals surface area contributed by atoms with E-state index in [1.807, 2.05) is 31.2 Å². The Kier molecular flexibility index (Phi) is 7.48. The summed E-state index contributed by atoms with van der Waals surface area (Å²) in [5.74, 6) is 0.174. The highest BCUT2D eigenvalue weighted by atomic mass is 32.2. The van der Waals surface area contributed by atoms with Crippen LogP contribution in [0.3, 0.4) is 0 Å². The van der Waals surface area contributed by atoms with Gasteiger partial charge in [-0.3, -0.25) is 9.52 Å². The summed E-state index contributed by atoms with van der Waals surface area (Å²) in [6.45, 7) is 2.88. The van der Waals surface area contributed by atoms with Crippen LogP contribution in [0.1, 0.15) is 18.1 Å². The molecule has 0 saturated carbocycles. The molecule has 0 aliphatic rings. The second-order valence-corrected chi connectivity index (χ2v) is 8.91. The van der Waals surface area contributed by atoms with E-state index in [0.29, 0.717) is 18.8 Å². The van der Waals surface area contributed by atoms with Gasteiger partial charge in [0.25, 0.3) is 10.0 Å². The van der Waals surface area contributed by atoms with Crippen LogP contribution < -0.4 is 9.46 Å². The summed E-state index contributed by atoms with van der Waals surface area (Å²) in [7, 11) is -2.09. The maximum absolute atomic E-state index is 13.0. The molecule has 3 rings (SSSR count). The average molecular weight is 457 g/mol. The Morgan fingerprint density at radius 3 is 2.31 bits per heavy atom. The molecule has 1 N–H and O–H groups in total. The van der Waals surface area contributed by atoms with Crippen LogP contribution in [-0.4, -0.2) is 32.9 Å². The summed E-state index contributed by atoms with van der Waals surface area (Å²) in [5, 5.41) is 0. The van der Waals surface area contributed by atoms with Crippen LogP contribution in [0.2, 0.25) is 0 Å². The van der Waals surface area contributed by atoms with Crippen LogP contribution in [0, 0.1) is 5.82 Å². The zero-order chi connectivity index (χ0) is 23.1. The molecule has 0 aromatic heterocycles. The number of amides is 1. The fourth-order valence-corrected chi connectivity index (χ4v) is 4.16. The minimum absolute atomic E-state index is 0.0351. The molecular formula is C24H25FN2O4S. The van der Waals surface area contributed by atoms with Gasteiger partial charge in [0.05, 0.1) is 17.9 Å². The number of carbonyl (C=O) groups excluding carboxylic acids is 1. The number of nitrogens with zero attached hydrogens (tertiary/aromatic N) is 1. The van der Waals surface area contributed by atoms with Crippen molar-refractivity contribution in [2.24, 2.45) is 0 Å². The van der Waals surface area contributed by atoms with Crippen molar-refractivity contribution in [3.63, 3.8) is 0 Å². The molecule has 0 fully saturated rings. The second kappa shape index (κ2) is 10.3. The molecule has 0 unspecified atom stereocenters. The molecule has 168 valence electrons. The SMILES string of the molecule is CCOc1ccccc1CN(C)C(=O)Cc1ccc(NS(=O)(=O)c2ccc(F)cc2)cc1. The number of carbonyl (C=O) groups is 1. The van der Waals surface area contributed by atoms with Crippen LogP contribution in [0.25, 0.3) is 0 Å². The van der Waals surface area contributed by atoms with Crippen LogP contribution in [0.5, 0.6) is 5.75 Å². The molecule has 0 bridgehead atoms. The molecule has 3 aromatic rings. The van der Waals surface area contributed by atoms with Gasteiger partial charge >= 0.3 is 0 Å². The summed E-state index contributed by atoms with van der Waals surface area (Å²) >= 11 is 0. The van der Waals surface area contributed by atoms with E-state index in [0.717, 1.165) is 29.0 Å². The predicted octanol–water partition coefficient (Wildman–Crippen LogP) is 4.23. The van der Waals surface area contributed by atoms with Gasteiger partial charge in [-0.2, -0.15) is 0 Å². The number of halogens is 1. The van der Waals surface area contributed by atoms with E-state index in [9.17, 15) is 17.6 Å². The molecule has 0 radical (unpaired) electrons. The Morgan fingerprint density at radius 2 is 1.66 bits per heavy atom. The molecule has 0 spiro atoms. The van der Waals surface area contributed by atoms with Crippen molar-refractivity contribution in [2.45, 2.75) is 24.8 Å². The summed E-state index contributed by atoms with van der Waals surface area (Å²) in [6, 6.07) is 18.8. The van der Waals surface area contributed by atoms with E-state index in [2.05, 4.69) is 4.72 Å². The van der Waals surface area contributed by atoms with Crippen molar-refractivity contribution in [1.82, 2.24) is 4.90 Å². The molecule has 0 aliphatic heterocycles. The lowest BCUT2D eigenvalue weighted by atomic mass is 10.1. The van der Waals surface area contributed by atoms with E-state index in [-0.39, 0.29) is 17.2 Å². The second-order valence-electron chi connectivity index (χ2n) is 7.22. The molecule has 1 amide bonds. The summed E-state index contributed by atoms with van der Waals surface area (Å²) in [5.41, 5.74) is 2.03. The molecule has 0 heterocycles. The van der Waals surface area contributed by atoms with Gasteiger partial charge < -0.3 is 9.64 Å². The van der Waals surface area contributed by atoms with Crippen molar-refractivity contribution in [3.8, 4) is 5.75 Å². The van der Waals surface area contributed by atoms with Gasteiger partial charge in [-0.1, -0.05) is 30.3 Å². The number of rotatable bonds is 9. The van der Waals surface area contributed by atoms with Crippen molar-refractivity contribution in [1.29, 1.82) is 0 Å². The highest BCUT2D eigenvalue weighted by Gasteiger charge is 2.15. The highest BCUT2D eigenvalue weighted by molar-refractivity contribution is 7.92. The number of benzene rings is 3. The van der Waals surface area contributed by atoms with E-state index < -0.39 is 15.8 Å². The molecule has 0 saturated heterocycles. The van der Waals surface area contributed by atoms with E-state index in [1.165, 1.54) is 12.1 Å². The maximum atomic E-state index is 13.0. The molecule has 8 heteroatoms. The fraction of sp³-hybridized carbons (Fsp3) is 0.208. The number of anilines is 1. The van der Waals surface area contributed by atoms with Crippen LogP contribution in [0.4, 0.5) is 10.1 Å². The minimum atomic E-state index is -3.83. The Labute approximate surface area is 187 Å². The number of para-hydroxylation sites is 1. The van der Waals surface area contributed by atoms with E-state index in [4.69, 9.17) is 4.74 Å². The Bertz CT molecular complexity index is 1160. The van der Waals surface area contributed by atoms with Crippen molar-refractivity contribution in [3.05, 3.63) is 89.7 Å². The number of ether oxygens (including phenoxy) is 1. The Hall–Kier alpha value is -3.39. The summed E-state index contributed by atoms with van der Waals surface area (Å²) in [6.07, 6.45) is 0.179. The molecule has 6 nitrogen and oxygen atoms in total. The summed E-state index contributed by atoms with van der Waals surface area (Å²) in [4.78, 5) is 14.2. The minimum Gasteiger partial charge on any atom is -0.494 e. The smallest absolute Gasteiger partial charge is 0.261 e. The predicted molar refractivity (Wildman–Crippen MR) is 121 cm³/mol. The third-order valence-corrected chi connectivity index (χ3v) is 6.19. The van der Waals surface area contributed by atoms with Gasteiger partial charge in [-0.15, -0.1) is 0 Å². The lowest BCUT2D eigenvalue weighted by molar-refractivity contribution is -0.129. The number of likely N-dealkylation sites (N-methyl/N-ethyl adjacent to an activating group) is 1. The number of sulfonamides is 1. The quantitative estimate of drug-likeness (QED) is 0.523. The lowest BCUT2D eigenvalue weighted by Crippen LogP contribution is -2.28. The monoisotopic (exact) mass is 456 g/mol. The molecule has 0 aliphatic carbocycles. The Morgan fingerprint density at radius 1 is 1.00 bits per heavy atom. The third-order valence-electron chi connectivity index (χ3n) is 4.79. The van der Waals surface area contributed by atoms with Gasteiger partial charge in [0, 0.05) is 24.8 Å². The van der Waals surface area contributed by atoms with Crippen LogP contribution in [0.15, 0.2) is 77.7 Å². The standard InChI is InChI=1S/C24H25FN2O4S/c1-3-31-23-7-5-4-6-19(23)17-27(2)24(28)16-18-8-12-21(13-9-18)26-32(29,30)22-14-10-20(25)11-15-22/h4-15,26H,3,16-17H2,1-2H3. The first-order chi connectivity index (χ1) is 15.3. The first-order valence-corrected chi connectivity index (χ1v) is 11.6. The average Bonchev–Trinajstić information content (AvgIpc) is 2.76. The first-order valence-electron chi connectivity index (χ1n) is 10.1. The van der Waals surface area contributed by atoms with E-state index >= 15 is 0 Å². The first kappa shape index (κ1) is 23.3. The molecule has 32 heavy (non-hydrogen) atoms. The van der Waals surface area contributed by atoms with E-state index in [1.54, 1.807) is 36.2 Å². The van der Waals surface area contributed by atoms with Crippen LogP contribution in [-0.2, 0) is 27.8 Å². The number of hydrogen-bond donors (Lipinski definition) is 1. The van der Waals surface area contributed by atoms with Gasteiger partial charge in [0.2, 0.25) is 5.91 Å². The van der Waals surface area contributed by atoms with Crippen LogP contribution >= 0.6 is 0 Å². The van der Waals surface area contributed by atoms with Gasteiger partial charge in [0.1, 0.15) is 11.6 Å². The fourth-order valence-electron chi connectivity index (χ4n) is 3.10. The van der Waals surface area contributed by atoms with Gasteiger partial charge in [0.15, 0.2) is 0 Å². The zero-order valence-corrected chi connectivity index (χ0v) is 18.7. The third kappa shape index (κ3) is 6.07. The lowest BCUT2D eigenvalue weighted by Gasteiger charge is -2.19. The maximum Gasteiger partial charge on any atom is 0.261 e. The topological polar surface area (TPSA) is 75.7 Å². The normalized spacial score (nSPS) is 11.1. The number of hydrogen-bond acceptors (Lipinski definition) is 4. The summed E-state index contributed by atoms with van der Waals surface area (Å²) < 4.78 is 45.9. The van der Waals surface area contributed by atoms with Crippen molar-refractivity contribution >= 4 is 21.6 Å². The van der Waals surface area contributed by atoms with Crippen molar-refractivity contribution in [2.75, 3.05) is 18.4 Å².